The maximum Gasteiger partial charge on any atom is 0.323 e. The molecule has 0 aliphatic heterocycles. The van der Waals surface area contributed by atoms with Crippen molar-refractivity contribution in [1.29, 1.82) is 0 Å². The number of urea groups is 1. The van der Waals surface area contributed by atoms with Gasteiger partial charge < -0.3 is 15.4 Å². The number of aryl methyl sites for hydroxylation is 1. The Labute approximate surface area is 138 Å². The highest BCUT2D eigenvalue weighted by molar-refractivity contribution is 9.10. The summed E-state index contributed by atoms with van der Waals surface area (Å²) in [6.07, 6.45) is 3.42. The quantitative estimate of drug-likeness (QED) is 0.839. The first-order chi connectivity index (χ1) is 10.6. The summed E-state index contributed by atoms with van der Waals surface area (Å²) in [7, 11) is 1.63. The first-order valence-electron chi connectivity index (χ1n) is 6.73. The Morgan fingerprint density at radius 2 is 1.91 bits per heavy atom. The molecule has 0 saturated carbocycles. The lowest BCUT2D eigenvalue weighted by molar-refractivity contribution is 0.255. The molecule has 2 aromatic rings. The summed E-state index contributed by atoms with van der Waals surface area (Å²) in [6, 6.07) is 13.0. The summed E-state index contributed by atoms with van der Waals surface area (Å²) in [5.41, 5.74) is 2.74. The number of nitrogens with one attached hydrogen (secondary N) is 2. The fourth-order valence-electron chi connectivity index (χ4n) is 1.85. The van der Waals surface area contributed by atoms with Crippen LogP contribution in [0.25, 0.3) is 6.08 Å². The highest BCUT2D eigenvalue weighted by atomic mass is 79.9. The Morgan fingerprint density at radius 1 is 1.18 bits per heavy atom. The number of rotatable bonds is 4. The molecule has 2 amide bonds. The van der Waals surface area contributed by atoms with Gasteiger partial charge in [-0.1, -0.05) is 28.1 Å². The van der Waals surface area contributed by atoms with Crippen LogP contribution in [0.5, 0.6) is 5.75 Å². The number of hydrogen-bond acceptors (Lipinski definition) is 2. The normalized spacial score (nSPS) is 10.5. The maximum atomic E-state index is 11.8. The van der Waals surface area contributed by atoms with E-state index in [2.05, 4.69) is 26.6 Å². The lowest BCUT2D eigenvalue weighted by atomic mass is 10.2. The van der Waals surface area contributed by atoms with E-state index in [4.69, 9.17) is 4.74 Å². The molecule has 5 heteroatoms. The number of hydrogen-bond donors (Lipinski definition) is 2. The van der Waals surface area contributed by atoms with Crippen LogP contribution in [0.3, 0.4) is 0 Å². The molecule has 0 fully saturated rings. The predicted molar refractivity (Wildman–Crippen MR) is 93.1 cm³/mol. The molecular formula is C17H17BrN2O2. The van der Waals surface area contributed by atoms with Gasteiger partial charge in [0.05, 0.1) is 7.11 Å². The van der Waals surface area contributed by atoms with Gasteiger partial charge in [0, 0.05) is 16.4 Å². The fourth-order valence-corrected chi connectivity index (χ4v) is 2.33. The summed E-state index contributed by atoms with van der Waals surface area (Å²) >= 11 is 3.39. The second-order valence-electron chi connectivity index (χ2n) is 4.66. The molecular weight excluding hydrogens is 344 g/mol. The zero-order valence-corrected chi connectivity index (χ0v) is 14.0. The Bertz CT molecular complexity index is 682. The fraction of sp³-hybridized carbons (Fsp3) is 0.118. The van der Waals surface area contributed by atoms with Crippen LogP contribution in [0.15, 0.2) is 53.1 Å². The van der Waals surface area contributed by atoms with Crippen molar-refractivity contribution in [1.82, 2.24) is 5.32 Å². The van der Waals surface area contributed by atoms with E-state index < -0.39 is 0 Å². The third-order valence-corrected chi connectivity index (χ3v) is 3.54. The van der Waals surface area contributed by atoms with Crippen molar-refractivity contribution in [2.75, 3.05) is 12.4 Å². The van der Waals surface area contributed by atoms with Gasteiger partial charge in [0.2, 0.25) is 0 Å². The minimum atomic E-state index is -0.282. The van der Waals surface area contributed by atoms with Crippen molar-refractivity contribution in [3.05, 3.63) is 64.3 Å². The lowest BCUT2D eigenvalue weighted by Gasteiger charge is -2.08. The van der Waals surface area contributed by atoms with Gasteiger partial charge in [-0.25, -0.2) is 4.79 Å². The second-order valence-corrected chi connectivity index (χ2v) is 5.58. The predicted octanol–water partition coefficient (Wildman–Crippen LogP) is 4.56. The van der Waals surface area contributed by atoms with Gasteiger partial charge in [0.15, 0.2) is 0 Å². The molecule has 0 unspecified atom stereocenters. The summed E-state index contributed by atoms with van der Waals surface area (Å²) in [6.45, 7) is 1.94. The van der Waals surface area contributed by atoms with Crippen LogP contribution >= 0.6 is 15.9 Å². The van der Waals surface area contributed by atoms with Crippen LogP contribution < -0.4 is 15.4 Å². The zero-order chi connectivity index (χ0) is 15.9. The van der Waals surface area contributed by atoms with Crippen molar-refractivity contribution < 1.29 is 9.53 Å². The number of halogens is 1. The summed E-state index contributed by atoms with van der Waals surface area (Å²) in [4.78, 5) is 11.8. The number of benzene rings is 2. The minimum absolute atomic E-state index is 0.282. The van der Waals surface area contributed by atoms with Gasteiger partial charge in [0.1, 0.15) is 5.75 Å². The SMILES string of the molecule is COc1ccc(/C=C/NC(=O)Nc2ccc(Br)cc2C)cc1. The Balaban J connectivity index is 1.90. The number of anilines is 1. The van der Waals surface area contributed by atoms with Gasteiger partial charge in [-0.05, 0) is 54.5 Å². The van der Waals surface area contributed by atoms with E-state index in [-0.39, 0.29) is 6.03 Å². The van der Waals surface area contributed by atoms with Crippen LogP contribution in [0.2, 0.25) is 0 Å². The Hall–Kier alpha value is -2.27. The van der Waals surface area contributed by atoms with Crippen LogP contribution in [0.4, 0.5) is 10.5 Å². The minimum Gasteiger partial charge on any atom is -0.497 e. The second kappa shape index (κ2) is 7.66. The largest absolute Gasteiger partial charge is 0.497 e. The van der Waals surface area contributed by atoms with Crippen molar-refractivity contribution in [3.8, 4) is 5.75 Å². The third-order valence-electron chi connectivity index (χ3n) is 3.04. The average Bonchev–Trinajstić information content (AvgIpc) is 2.51. The van der Waals surface area contributed by atoms with Gasteiger partial charge >= 0.3 is 6.03 Å². The van der Waals surface area contributed by atoms with Gasteiger partial charge in [-0.3, -0.25) is 0 Å². The van der Waals surface area contributed by atoms with Crippen LogP contribution in [0.1, 0.15) is 11.1 Å². The van der Waals surface area contributed by atoms with E-state index in [9.17, 15) is 4.79 Å². The molecule has 0 saturated heterocycles. The molecule has 2 aromatic carbocycles. The topological polar surface area (TPSA) is 50.4 Å². The van der Waals surface area contributed by atoms with Crippen molar-refractivity contribution in [2.24, 2.45) is 0 Å². The van der Waals surface area contributed by atoms with Crippen molar-refractivity contribution in [3.63, 3.8) is 0 Å². The molecule has 0 heterocycles. The van der Waals surface area contributed by atoms with E-state index >= 15 is 0 Å². The number of carbonyl (C=O) groups excluding carboxylic acids is 1. The number of ether oxygens (including phenoxy) is 1. The van der Waals surface area contributed by atoms with E-state index in [0.29, 0.717) is 0 Å². The summed E-state index contributed by atoms with van der Waals surface area (Å²) in [5, 5.41) is 5.48. The molecule has 0 radical (unpaired) electrons. The van der Waals surface area contributed by atoms with E-state index in [1.54, 1.807) is 13.3 Å². The molecule has 0 aliphatic rings. The first kappa shape index (κ1) is 16.1. The average molecular weight is 361 g/mol. The van der Waals surface area contributed by atoms with Crippen LogP contribution in [-0.4, -0.2) is 13.1 Å². The molecule has 2 N–H and O–H groups in total. The zero-order valence-electron chi connectivity index (χ0n) is 12.4. The van der Waals surface area contributed by atoms with Gasteiger partial charge in [-0.2, -0.15) is 0 Å². The molecule has 22 heavy (non-hydrogen) atoms. The van der Waals surface area contributed by atoms with E-state index in [1.165, 1.54) is 0 Å². The van der Waals surface area contributed by atoms with Crippen molar-refractivity contribution in [2.45, 2.75) is 6.92 Å². The molecule has 0 spiro atoms. The van der Waals surface area contributed by atoms with Crippen molar-refractivity contribution >= 4 is 33.7 Å². The first-order valence-corrected chi connectivity index (χ1v) is 7.52. The summed E-state index contributed by atoms with van der Waals surface area (Å²) < 4.78 is 6.07. The molecule has 0 aromatic heterocycles. The van der Waals surface area contributed by atoms with Crippen LogP contribution in [0, 0.1) is 6.92 Å². The molecule has 2 rings (SSSR count). The number of carbonyl (C=O) groups is 1. The van der Waals surface area contributed by atoms with Gasteiger partial charge in [0.25, 0.3) is 0 Å². The standard InChI is InChI=1S/C17H17BrN2O2/c1-12-11-14(18)5-8-16(12)20-17(21)19-10-9-13-3-6-15(22-2)7-4-13/h3-11H,1-2H3,(H2,19,20,21)/b10-9+. The Morgan fingerprint density at radius 3 is 2.55 bits per heavy atom. The highest BCUT2D eigenvalue weighted by Gasteiger charge is 2.02. The van der Waals surface area contributed by atoms with E-state index in [0.717, 1.165) is 27.0 Å². The maximum absolute atomic E-state index is 11.8. The summed E-state index contributed by atoms with van der Waals surface area (Å²) in [5.74, 6) is 0.800. The van der Waals surface area contributed by atoms with E-state index in [1.807, 2.05) is 55.5 Å². The third kappa shape index (κ3) is 4.63. The smallest absolute Gasteiger partial charge is 0.323 e. The number of amides is 2. The molecule has 4 nitrogen and oxygen atoms in total. The Kier molecular flexibility index (Phi) is 5.61. The number of methoxy groups -OCH3 is 1. The molecule has 0 bridgehead atoms. The lowest BCUT2D eigenvalue weighted by Crippen LogP contribution is -2.24. The monoisotopic (exact) mass is 360 g/mol. The van der Waals surface area contributed by atoms with Gasteiger partial charge in [-0.15, -0.1) is 0 Å². The molecule has 0 atom stereocenters. The molecule has 0 aliphatic carbocycles. The molecule has 114 valence electrons. The van der Waals surface area contributed by atoms with Crippen LogP contribution in [-0.2, 0) is 0 Å². The highest BCUT2D eigenvalue weighted by Crippen LogP contribution is 2.19.